The normalized spacial score (nSPS) is 14.9. The number of rotatable bonds is 5. The van der Waals surface area contributed by atoms with Crippen LogP contribution in [-0.4, -0.2) is 31.0 Å². The third kappa shape index (κ3) is 4.50. The third-order valence-corrected chi connectivity index (χ3v) is 3.15. The average molecular weight is 304 g/mol. The van der Waals surface area contributed by atoms with Crippen LogP contribution in [-0.2, 0) is 17.9 Å². The van der Waals surface area contributed by atoms with Crippen molar-refractivity contribution in [1.29, 1.82) is 0 Å². The van der Waals surface area contributed by atoms with Crippen molar-refractivity contribution in [2.75, 3.05) is 25.6 Å². The van der Waals surface area contributed by atoms with Gasteiger partial charge in [-0.15, -0.1) is 0 Å². The molecule has 0 unspecified atom stereocenters. The van der Waals surface area contributed by atoms with E-state index in [1.165, 1.54) is 4.90 Å². The lowest BCUT2D eigenvalue weighted by Crippen LogP contribution is -2.34. The second-order valence-corrected chi connectivity index (χ2v) is 5.10. The minimum absolute atomic E-state index is 0.108. The fourth-order valence-electron chi connectivity index (χ4n) is 2.47. The van der Waals surface area contributed by atoms with Crippen LogP contribution in [0.4, 0.5) is 18.9 Å². The number of hydrogen-bond acceptors (Lipinski definition) is 4. The Morgan fingerprint density at radius 2 is 2.10 bits per heavy atom. The van der Waals surface area contributed by atoms with Crippen LogP contribution in [0.25, 0.3) is 0 Å². The highest BCUT2D eigenvalue weighted by molar-refractivity contribution is 5.53. The molecule has 1 heterocycles. The summed E-state index contributed by atoms with van der Waals surface area (Å²) in [6, 6.07) is 3.40. The van der Waals surface area contributed by atoms with E-state index in [1.807, 2.05) is 6.92 Å². The van der Waals surface area contributed by atoms with Crippen molar-refractivity contribution in [2.45, 2.75) is 32.7 Å². The Labute approximate surface area is 121 Å². The summed E-state index contributed by atoms with van der Waals surface area (Å²) in [5, 5.41) is 0. The average Bonchev–Trinajstić information content (AvgIpc) is 2.36. The summed E-state index contributed by atoms with van der Waals surface area (Å²) in [6.07, 6.45) is -3.58. The number of nitrogens with two attached hydrogens (primary N) is 1. The lowest BCUT2D eigenvalue weighted by atomic mass is 10.1. The van der Waals surface area contributed by atoms with Gasteiger partial charge in [-0.3, -0.25) is 4.90 Å². The van der Waals surface area contributed by atoms with E-state index in [4.69, 9.17) is 15.2 Å². The van der Waals surface area contributed by atoms with Crippen molar-refractivity contribution in [3.8, 4) is 5.75 Å². The van der Waals surface area contributed by atoms with E-state index in [2.05, 4.69) is 0 Å². The first-order valence-electron chi connectivity index (χ1n) is 6.80. The Kier molecular flexibility index (Phi) is 4.95. The van der Waals surface area contributed by atoms with Gasteiger partial charge < -0.3 is 15.2 Å². The van der Waals surface area contributed by atoms with Crippen molar-refractivity contribution < 1.29 is 22.6 Å². The quantitative estimate of drug-likeness (QED) is 0.850. The molecule has 0 saturated carbocycles. The summed E-state index contributed by atoms with van der Waals surface area (Å²) in [5.74, 6) is 0.596. The van der Waals surface area contributed by atoms with Crippen molar-refractivity contribution in [3.05, 3.63) is 23.3 Å². The molecule has 0 atom stereocenters. The summed E-state index contributed by atoms with van der Waals surface area (Å²) in [4.78, 5) is 1.36. The molecule has 1 aliphatic rings. The largest absolute Gasteiger partial charge is 0.467 e. The Bertz CT molecular complexity index is 492. The molecule has 0 fully saturated rings. The van der Waals surface area contributed by atoms with Crippen LogP contribution in [0.15, 0.2) is 12.1 Å². The number of anilines is 1. The molecule has 2 rings (SSSR count). The highest BCUT2D eigenvalue weighted by atomic mass is 19.4. The van der Waals surface area contributed by atoms with Crippen LogP contribution in [0.1, 0.15) is 24.5 Å². The van der Waals surface area contributed by atoms with E-state index in [0.717, 1.165) is 5.56 Å². The maximum atomic E-state index is 12.6. The van der Waals surface area contributed by atoms with E-state index in [-0.39, 0.29) is 13.3 Å². The van der Waals surface area contributed by atoms with Gasteiger partial charge in [0.05, 0.1) is 13.2 Å². The molecule has 0 amide bonds. The molecular formula is C14H19F3N2O2. The topological polar surface area (TPSA) is 47.7 Å². The van der Waals surface area contributed by atoms with E-state index in [0.29, 0.717) is 36.6 Å². The zero-order valence-corrected chi connectivity index (χ0v) is 11.9. The van der Waals surface area contributed by atoms with E-state index >= 15 is 0 Å². The van der Waals surface area contributed by atoms with Crippen molar-refractivity contribution in [1.82, 2.24) is 4.90 Å². The molecule has 4 nitrogen and oxygen atoms in total. The molecule has 118 valence electrons. The predicted molar refractivity (Wildman–Crippen MR) is 72.8 cm³/mol. The summed E-state index contributed by atoms with van der Waals surface area (Å²) in [6.45, 7) is 1.89. The number of fused-ring (bicyclic) bond motifs is 1. The SMILES string of the molecule is CCCN(Cc1cc(N)cc2c1OCOC2)CC(F)(F)F. The maximum absolute atomic E-state index is 12.6. The van der Waals surface area contributed by atoms with Crippen LogP contribution >= 0.6 is 0 Å². The van der Waals surface area contributed by atoms with Crippen molar-refractivity contribution in [2.24, 2.45) is 0 Å². The maximum Gasteiger partial charge on any atom is 0.401 e. The second-order valence-electron chi connectivity index (χ2n) is 5.10. The smallest absolute Gasteiger partial charge is 0.401 e. The fourth-order valence-corrected chi connectivity index (χ4v) is 2.47. The molecule has 1 aromatic rings. The van der Waals surface area contributed by atoms with Gasteiger partial charge in [-0.05, 0) is 25.1 Å². The molecule has 0 spiro atoms. The van der Waals surface area contributed by atoms with Gasteiger partial charge in [0.2, 0.25) is 0 Å². The Hall–Kier alpha value is -1.47. The molecule has 0 aromatic heterocycles. The molecule has 21 heavy (non-hydrogen) atoms. The van der Waals surface area contributed by atoms with Crippen LogP contribution in [0.5, 0.6) is 5.75 Å². The number of nitrogens with zero attached hydrogens (tertiary/aromatic N) is 1. The summed E-state index contributed by atoms with van der Waals surface area (Å²) in [5.41, 5.74) is 7.76. The first-order chi connectivity index (χ1) is 9.89. The van der Waals surface area contributed by atoms with Crippen molar-refractivity contribution >= 4 is 5.69 Å². The molecule has 1 aromatic carbocycles. The number of halogens is 3. The Balaban J connectivity index is 2.21. The third-order valence-electron chi connectivity index (χ3n) is 3.15. The van der Waals surface area contributed by atoms with Gasteiger partial charge in [0, 0.05) is 23.4 Å². The van der Waals surface area contributed by atoms with Crippen molar-refractivity contribution in [3.63, 3.8) is 0 Å². The number of ether oxygens (including phenoxy) is 2. The molecular weight excluding hydrogens is 285 g/mol. The van der Waals surface area contributed by atoms with Gasteiger partial charge >= 0.3 is 6.18 Å². The van der Waals surface area contributed by atoms with Gasteiger partial charge in [0.1, 0.15) is 5.75 Å². The highest BCUT2D eigenvalue weighted by Crippen LogP contribution is 2.32. The lowest BCUT2D eigenvalue weighted by molar-refractivity contribution is -0.147. The molecule has 1 aliphatic heterocycles. The molecule has 0 radical (unpaired) electrons. The highest BCUT2D eigenvalue weighted by Gasteiger charge is 2.31. The minimum Gasteiger partial charge on any atom is -0.467 e. The fraction of sp³-hybridized carbons (Fsp3) is 0.571. The zero-order chi connectivity index (χ0) is 15.5. The van der Waals surface area contributed by atoms with E-state index in [1.54, 1.807) is 12.1 Å². The van der Waals surface area contributed by atoms with Gasteiger partial charge in [-0.1, -0.05) is 6.92 Å². The summed E-state index contributed by atoms with van der Waals surface area (Å²) < 4.78 is 48.5. The van der Waals surface area contributed by atoms with Crippen LogP contribution in [0.2, 0.25) is 0 Å². The molecule has 7 heteroatoms. The number of alkyl halides is 3. The number of benzene rings is 1. The first-order valence-corrected chi connectivity index (χ1v) is 6.80. The van der Waals surface area contributed by atoms with Gasteiger partial charge in [-0.25, -0.2) is 0 Å². The molecule has 2 N–H and O–H groups in total. The van der Waals surface area contributed by atoms with Crippen LogP contribution < -0.4 is 10.5 Å². The Morgan fingerprint density at radius 1 is 1.33 bits per heavy atom. The minimum atomic E-state index is -4.22. The van der Waals surface area contributed by atoms with Crippen LogP contribution in [0.3, 0.4) is 0 Å². The molecule has 0 aliphatic carbocycles. The van der Waals surface area contributed by atoms with Crippen LogP contribution in [0, 0.1) is 0 Å². The monoisotopic (exact) mass is 304 g/mol. The Morgan fingerprint density at radius 3 is 2.76 bits per heavy atom. The number of hydrogen-bond donors (Lipinski definition) is 1. The zero-order valence-electron chi connectivity index (χ0n) is 11.9. The van der Waals surface area contributed by atoms with Gasteiger partial charge in [-0.2, -0.15) is 13.2 Å². The molecule has 0 bridgehead atoms. The first kappa shape index (κ1) is 15.9. The van der Waals surface area contributed by atoms with E-state index < -0.39 is 12.7 Å². The summed E-state index contributed by atoms with van der Waals surface area (Å²) in [7, 11) is 0. The van der Waals surface area contributed by atoms with Gasteiger partial charge in [0.15, 0.2) is 6.79 Å². The standard InChI is InChI=1S/C14H19F3N2O2/c1-2-3-19(8-14(15,16)17)6-10-4-12(18)5-11-7-20-9-21-13(10)11/h4-5H,2-3,6-9,18H2,1H3. The second kappa shape index (κ2) is 6.53. The van der Waals surface area contributed by atoms with Gasteiger partial charge in [0.25, 0.3) is 0 Å². The number of nitrogen functional groups attached to an aromatic ring is 1. The molecule has 0 saturated heterocycles. The predicted octanol–water partition coefficient (Wildman–Crippen LogP) is 2.91. The summed E-state index contributed by atoms with van der Waals surface area (Å²) >= 11 is 0. The lowest BCUT2D eigenvalue weighted by Gasteiger charge is -2.26. The van der Waals surface area contributed by atoms with E-state index in [9.17, 15) is 13.2 Å².